The van der Waals surface area contributed by atoms with Crippen molar-refractivity contribution in [2.24, 2.45) is 0 Å². The Balaban J connectivity index is 3.02. The van der Waals surface area contributed by atoms with E-state index in [4.69, 9.17) is 5.21 Å². The van der Waals surface area contributed by atoms with Gasteiger partial charge in [0.2, 0.25) is 0 Å². The molecule has 1 aromatic rings. The second kappa shape index (κ2) is 4.87. The molecule has 0 bridgehead atoms. The Bertz CT molecular complexity index is 267. The van der Waals surface area contributed by atoms with Crippen LogP contribution in [0.25, 0.3) is 0 Å². The van der Waals surface area contributed by atoms with Crippen LogP contribution in [-0.2, 0) is 6.54 Å². The SMILES string of the molecule is CSc1cccc(Br)c1CNO. The summed E-state index contributed by atoms with van der Waals surface area (Å²) in [6.45, 7) is 0.470. The van der Waals surface area contributed by atoms with Crippen LogP contribution in [-0.4, -0.2) is 11.5 Å². The van der Waals surface area contributed by atoms with Crippen LogP contribution in [0.15, 0.2) is 27.6 Å². The summed E-state index contributed by atoms with van der Waals surface area (Å²) in [5, 5.41) is 8.58. The minimum atomic E-state index is 0.470. The van der Waals surface area contributed by atoms with Gasteiger partial charge in [0, 0.05) is 15.9 Å². The molecule has 0 aliphatic heterocycles. The van der Waals surface area contributed by atoms with Gasteiger partial charge in [0.1, 0.15) is 0 Å². The molecule has 66 valence electrons. The topological polar surface area (TPSA) is 32.3 Å². The number of hydrogen-bond donors (Lipinski definition) is 2. The molecule has 0 heterocycles. The molecule has 1 aromatic carbocycles. The highest BCUT2D eigenvalue weighted by molar-refractivity contribution is 9.10. The summed E-state index contributed by atoms with van der Waals surface area (Å²) in [4.78, 5) is 1.17. The molecule has 0 aliphatic rings. The summed E-state index contributed by atoms with van der Waals surface area (Å²) < 4.78 is 1.02. The predicted molar refractivity (Wildman–Crippen MR) is 54.5 cm³/mol. The van der Waals surface area contributed by atoms with Gasteiger partial charge < -0.3 is 5.21 Å². The van der Waals surface area contributed by atoms with Gasteiger partial charge in [0.15, 0.2) is 0 Å². The molecule has 1 rings (SSSR count). The Morgan fingerprint density at radius 1 is 1.58 bits per heavy atom. The van der Waals surface area contributed by atoms with Crippen LogP contribution >= 0.6 is 27.7 Å². The predicted octanol–water partition coefficient (Wildman–Crippen LogP) is 2.65. The molecule has 0 amide bonds. The standard InChI is InChI=1S/C8H10BrNOS/c1-12-8-4-2-3-7(9)6(8)5-10-11/h2-4,10-11H,5H2,1H3. The highest BCUT2D eigenvalue weighted by Gasteiger charge is 2.03. The maximum Gasteiger partial charge on any atom is 0.0480 e. The lowest BCUT2D eigenvalue weighted by Gasteiger charge is -2.07. The van der Waals surface area contributed by atoms with Crippen LogP contribution in [0.2, 0.25) is 0 Å². The fourth-order valence-electron chi connectivity index (χ4n) is 0.981. The summed E-state index contributed by atoms with van der Waals surface area (Å²) in [6.07, 6.45) is 2.02. The van der Waals surface area contributed by atoms with Crippen LogP contribution in [0, 0.1) is 0 Å². The third-order valence-electron chi connectivity index (χ3n) is 1.55. The molecule has 2 N–H and O–H groups in total. The van der Waals surface area contributed by atoms with E-state index in [1.807, 2.05) is 24.5 Å². The molecule has 0 aliphatic carbocycles. The van der Waals surface area contributed by atoms with Gasteiger partial charge >= 0.3 is 0 Å². The van der Waals surface area contributed by atoms with E-state index in [9.17, 15) is 0 Å². The highest BCUT2D eigenvalue weighted by Crippen LogP contribution is 2.26. The van der Waals surface area contributed by atoms with Crippen molar-refractivity contribution >= 4 is 27.7 Å². The maximum absolute atomic E-state index is 8.58. The Morgan fingerprint density at radius 3 is 2.92 bits per heavy atom. The smallest absolute Gasteiger partial charge is 0.0480 e. The van der Waals surface area contributed by atoms with Gasteiger partial charge in [0.05, 0.1) is 0 Å². The van der Waals surface area contributed by atoms with Gasteiger partial charge in [-0.2, -0.15) is 0 Å². The van der Waals surface area contributed by atoms with E-state index in [0.29, 0.717) is 6.54 Å². The Morgan fingerprint density at radius 2 is 2.33 bits per heavy atom. The van der Waals surface area contributed by atoms with Crippen molar-refractivity contribution in [2.75, 3.05) is 6.26 Å². The number of hydrogen-bond acceptors (Lipinski definition) is 3. The molecule has 0 aromatic heterocycles. The molecule has 0 saturated heterocycles. The monoisotopic (exact) mass is 247 g/mol. The summed E-state index contributed by atoms with van der Waals surface area (Å²) in [7, 11) is 0. The van der Waals surface area contributed by atoms with Gasteiger partial charge in [-0.1, -0.05) is 22.0 Å². The van der Waals surface area contributed by atoms with E-state index in [1.165, 1.54) is 4.90 Å². The highest BCUT2D eigenvalue weighted by atomic mass is 79.9. The first-order chi connectivity index (χ1) is 5.79. The van der Waals surface area contributed by atoms with E-state index >= 15 is 0 Å². The lowest BCUT2D eigenvalue weighted by Crippen LogP contribution is -2.07. The normalized spacial score (nSPS) is 10.2. The summed E-state index contributed by atoms with van der Waals surface area (Å²) in [5.74, 6) is 0. The summed E-state index contributed by atoms with van der Waals surface area (Å²) >= 11 is 5.09. The maximum atomic E-state index is 8.58. The van der Waals surface area contributed by atoms with Crippen LogP contribution in [0.4, 0.5) is 0 Å². The Kier molecular flexibility index (Phi) is 4.08. The number of hydroxylamine groups is 1. The average molecular weight is 248 g/mol. The second-order valence-corrected chi connectivity index (χ2v) is 3.96. The molecule has 12 heavy (non-hydrogen) atoms. The Hall–Kier alpha value is -0.0300. The Labute approximate surface area is 84.5 Å². The zero-order valence-electron chi connectivity index (χ0n) is 6.67. The summed E-state index contributed by atoms with van der Waals surface area (Å²) in [6, 6.07) is 5.98. The van der Waals surface area contributed by atoms with Crippen molar-refractivity contribution in [1.29, 1.82) is 0 Å². The molecule has 0 spiro atoms. The van der Waals surface area contributed by atoms with Crippen molar-refractivity contribution < 1.29 is 5.21 Å². The zero-order chi connectivity index (χ0) is 8.97. The van der Waals surface area contributed by atoms with Gasteiger partial charge in [0.25, 0.3) is 0 Å². The quantitative estimate of drug-likeness (QED) is 0.637. The molecule has 0 saturated carbocycles. The number of benzene rings is 1. The van der Waals surface area contributed by atoms with Crippen molar-refractivity contribution in [3.8, 4) is 0 Å². The van der Waals surface area contributed by atoms with Gasteiger partial charge in [-0.05, 0) is 24.0 Å². The fourth-order valence-corrected chi connectivity index (χ4v) is 2.26. The fraction of sp³-hybridized carbons (Fsp3) is 0.250. The van der Waals surface area contributed by atoms with Crippen LogP contribution in [0.1, 0.15) is 5.56 Å². The average Bonchev–Trinajstić information content (AvgIpc) is 2.09. The minimum Gasteiger partial charge on any atom is -0.316 e. The number of nitrogens with one attached hydrogen (secondary N) is 1. The molecule has 0 radical (unpaired) electrons. The van der Waals surface area contributed by atoms with E-state index in [0.717, 1.165) is 10.0 Å². The number of thioether (sulfide) groups is 1. The largest absolute Gasteiger partial charge is 0.316 e. The lowest BCUT2D eigenvalue weighted by molar-refractivity contribution is 0.160. The van der Waals surface area contributed by atoms with E-state index in [1.54, 1.807) is 11.8 Å². The summed E-state index contributed by atoms with van der Waals surface area (Å²) in [5.41, 5.74) is 3.25. The first-order valence-corrected chi connectivity index (χ1v) is 5.49. The third-order valence-corrected chi connectivity index (χ3v) is 3.12. The van der Waals surface area contributed by atoms with Crippen LogP contribution < -0.4 is 5.48 Å². The third kappa shape index (κ3) is 2.23. The molecule has 4 heteroatoms. The number of halogens is 1. The lowest BCUT2D eigenvalue weighted by atomic mass is 10.2. The molecule has 0 unspecified atom stereocenters. The first-order valence-electron chi connectivity index (χ1n) is 3.48. The molecular formula is C8H10BrNOS. The zero-order valence-corrected chi connectivity index (χ0v) is 9.08. The second-order valence-electron chi connectivity index (χ2n) is 2.26. The van der Waals surface area contributed by atoms with Gasteiger partial charge in [-0.15, -0.1) is 11.8 Å². The van der Waals surface area contributed by atoms with E-state index in [2.05, 4.69) is 21.4 Å². The van der Waals surface area contributed by atoms with Crippen LogP contribution in [0.3, 0.4) is 0 Å². The van der Waals surface area contributed by atoms with Crippen LogP contribution in [0.5, 0.6) is 0 Å². The van der Waals surface area contributed by atoms with Crippen molar-refractivity contribution in [3.05, 3.63) is 28.2 Å². The molecule has 0 atom stereocenters. The van der Waals surface area contributed by atoms with Crippen molar-refractivity contribution in [1.82, 2.24) is 5.48 Å². The van der Waals surface area contributed by atoms with Gasteiger partial charge in [-0.25, -0.2) is 5.48 Å². The molecule has 2 nitrogen and oxygen atoms in total. The minimum absolute atomic E-state index is 0.470. The molecular weight excluding hydrogens is 238 g/mol. The number of rotatable bonds is 3. The van der Waals surface area contributed by atoms with E-state index < -0.39 is 0 Å². The van der Waals surface area contributed by atoms with E-state index in [-0.39, 0.29) is 0 Å². The molecule has 0 fully saturated rings. The van der Waals surface area contributed by atoms with Gasteiger partial charge in [-0.3, -0.25) is 0 Å². The van der Waals surface area contributed by atoms with Crippen molar-refractivity contribution in [3.63, 3.8) is 0 Å². The van der Waals surface area contributed by atoms with Crippen molar-refractivity contribution in [2.45, 2.75) is 11.4 Å². The first kappa shape index (κ1) is 10.1.